The minimum atomic E-state index is -0.285. The average molecular weight is 442 g/mol. The zero-order valence-electron chi connectivity index (χ0n) is 18.4. The Bertz CT molecular complexity index is 911. The molecule has 2 aromatic rings. The van der Waals surface area contributed by atoms with Crippen LogP contribution in [0.4, 0.5) is 10.5 Å². The normalized spacial score (nSPS) is 27.8. The topological polar surface area (TPSA) is 99.5 Å². The van der Waals surface area contributed by atoms with E-state index in [-0.39, 0.29) is 30.3 Å². The first-order chi connectivity index (χ1) is 15.7. The van der Waals surface area contributed by atoms with Gasteiger partial charge in [-0.1, -0.05) is 37.3 Å². The maximum absolute atomic E-state index is 12.5. The van der Waals surface area contributed by atoms with E-state index >= 15 is 0 Å². The van der Waals surface area contributed by atoms with Crippen molar-refractivity contribution in [2.75, 3.05) is 25.6 Å². The number of amides is 2. The second-order valence-corrected chi connectivity index (χ2v) is 8.99. The van der Waals surface area contributed by atoms with Crippen molar-refractivity contribution in [1.82, 2.24) is 20.3 Å². The van der Waals surface area contributed by atoms with E-state index < -0.39 is 0 Å². The van der Waals surface area contributed by atoms with Crippen LogP contribution in [-0.2, 0) is 15.9 Å². The van der Waals surface area contributed by atoms with Gasteiger partial charge in [0.1, 0.15) is 24.0 Å². The molecule has 2 amide bonds. The van der Waals surface area contributed by atoms with E-state index in [1.165, 1.54) is 32.1 Å². The molecule has 4 atom stereocenters. The monoisotopic (exact) mass is 441 g/mol. The van der Waals surface area contributed by atoms with Gasteiger partial charge in [0.05, 0.1) is 32.1 Å². The van der Waals surface area contributed by atoms with Crippen molar-refractivity contribution in [2.45, 2.75) is 62.8 Å². The van der Waals surface area contributed by atoms with Crippen LogP contribution in [0.25, 0.3) is 0 Å². The summed E-state index contributed by atoms with van der Waals surface area (Å²) >= 11 is 0. The molecule has 0 spiro atoms. The third kappa shape index (κ3) is 4.59. The fourth-order valence-corrected chi connectivity index (χ4v) is 5.10. The van der Waals surface area contributed by atoms with Gasteiger partial charge in [-0.15, -0.1) is 5.10 Å². The molecule has 1 aliphatic carbocycles. The molecular formula is C23H31N5O4. The van der Waals surface area contributed by atoms with E-state index in [0.29, 0.717) is 18.9 Å². The summed E-state index contributed by atoms with van der Waals surface area (Å²) in [5.41, 5.74) is 1.74. The number of hydrogen-bond donors (Lipinski definition) is 2. The number of nitrogens with zero attached hydrogens (tertiary/aromatic N) is 3. The number of ether oxygens (including phenoxy) is 3. The number of rotatable bonds is 6. The van der Waals surface area contributed by atoms with Crippen LogP contribution in [0.1, 0.15) is 43.8 Å². The SMILES string of the molecule is COc1ccc(NC(=O)N[C@@H]2CO[C@@H]3[C@@H]2OC[C@@H]3n2cc(CC3CCCCC3)nn2)cc1. The molecule has 0 bridgehead atoms. The lowest BCUT2D eigenvalue weighted by molar-refractivity contribution is 0.0622. The smallest absolute Gasteiger partial charge is 0.319 e. The fourth-order valence-electron chi connectivity index (χ4n) is 5.10. The van der Waals surface area contributed by atoms with E-state index in [1.54, 1.807) is 31.4 Å². The Balaban J connectivity index is 1.15. The molecule has 2 saturated heterocycles. The molecule has 0 unspecified atom stereocenters. The minimum Gasteiger partial charge on any atom is -0.497 e. The summed E-state index contributed by atoms with van der Waals surface area (Å²) in [6.45, 7) is 0.908. The fraction of sp³-hybridized carbons (Fsp3) is 0.609. The van der Waals surface area contributed by atoms with Crippen molar-refractivity contribution in [3.63, 3.8) is 0 Å². The van der Waals surface area contributed by atoms with Crippen molar-refractivity contribution in [1.29, 1.82) is 0 Å². The van der Waals surface area contributed by atoms with Crippen LogP contribution in [0.15, 0.2) is 30.5 Å². The maximum atomic E-state index is 12.5. The molecule has 9 nitrogen and oxygen atoms in total. The number of benzene rings is 1. The lowest BCUT2D eigenvalue weighted by Crippen LogP contribution is -2.45. The highest BCUT2D eigenvalue weighted by atomic mass is 16.6. The first kappa shape index (κ1) is 21.2. The number of fused-ring (bicyclic) bond motifs is 1. The second kappa shape index (κ2) is 9.46. The molecule has 3 heterocycles. The third-order valence-corrected chi connectivity index (χ3v) is 6.81. The second-order valence-electron chi connectivity index (χ2n) is 8.99. The molecule has 2 N–H and O–H groups in total. The van der Waals surface area contributed by atoms with Crippen LogP contribution in [-0.4, -0.2) is 59.6 Å². The molecule has 0 radical (unpaired) electrons. The highest BCUT2D eigenvalue weighted by molar-refractivity contribution is 5.89. The van der Waals surface area contributed by atoms with Crippen LogP contribution in [0, 0.1) is 5.92 Å². The van der Waals surface area contributed by atoms with Gasteiger partial charge in [0.25, 0.3) is 0 Å². The highest BCUT2D eigenvalue weighted by Gasteiger charge is 2.49. The summed E-state index contributed by atoms with van der Waals surface area (Å²) in [6, 6.07) is 6.67. The van der Waals surface area contributed by atoms with Crippen LogP contribution < -0.4 is 15.4 Å². The van der Waals surface area contributed by atoms with Gasteiger partial charge in [-0.3, -0.25) is 0 Å². The molecule has 9 heteroatoms. The summed E-state index contributed by atoms with van der Waals surface area (Å²) < 4.78 is 19.1. The molecular weight excluding hydrogens is 410 g/mol. The molecule has 1 aromatic carbocycles. The van der Waals surface area contributed by atoms with E-state index in [1.807, 2.05) is 10.9 Å². The van der Waals surface area contributed by atoms with Crippen molar-refractivity contribution in [3.05, 3.63) is 36.2 Å². The van der Waals surface area contributed by atoms with Gasteiger partial charge in [0, 0.05) is 11.9 Å². The molecule has 5 rings (SSSR count). The Morgan fingerprint density at radius 3 is 2.69 bits per heavy atom. The number of carbonyl (C=O) groups is 1. The maximum Gasteiger partial charge on any atom is 0.319 e. The Morgan fingerprint density at radius 2 is 1.91 bits per heavy atom. The Morgan fingerprint density at radius 1 is 1.12 bits per heavy atom. The number of anilines is 1. The zero-order chi connectivity index (χ0) is 21.9. The Hall–Kier alpha value is -2.65. The van der Waals surface area contributed by atoms with Gasteiger partial charge >= 0.3 is 6.03 Å². The van der Waals surface area contributed by atoms with Gasteiger partial charge in [-0.2, -0.15) is 0 Å². The van der Waals surface area contributed by atoms with Crippen molar-refractivity contribution in [3.8, 4) is 5.75 Å². The third-order valence-electron chi connectivity index (χ3n) is 6.81. The van der Waals surface area contributed by atoms with Gasteiger partial charge in [-0.05, 0) is 36.6 Å². The van der Waals surface area contributed by atoms with Crippen LogP contribution in [0.3, 0.4) is 0 Å². The van der Waals surface area contributed by atoms with Gasteiger partial charge in [-0.25, -0.2) is 9.48 Å². The number of urea groups is 1. The zero-order valence-corrected chi connectivity index (χ0v) is 18.4. The number of nitrogens with one attached hydrogen (secondary N) is 2. The molecule has 1 saturated carbocycles. The quantitative estimate of drug-likeness (QED) is 0.715. The molecule has 3 aliphatic rings. The minimum absolute atomic E-state index is 0.0240. The molecule has 32 heavy (non-hydrogen) atoms. The summed E-state index contributed by atoms with van der Waals surface area (Å²) in [4.78, 5) is 12.5. The largest absolute Gasteiger partial charge is 0.497 e. The summed E-state index contributed by atoms with van der Waals surface area (Å²) in [6.07, 6.45) is 9.29. The first-order valence-corrected chi connectivity index (χ1v) is 11.5. The predicted molar refractivity (Wildman–Crippen MR) is 118 cm³/mol. The predicted octanol–water partition coefficient (Wildman–Crippen LogP) is 2.94. The van der Waals surface area contributed by atoms with E-state index in [4.69, 9.17) is 14.2 Å². The lowest BCUT2D eigenvalue weighted by Gasteiger charge is -2.20. The first-order valence-electron chi connectivity index (χ1n) is 11.5. The number of hydrogen-bond acceptors (Lipinski definition) is 6. The summed E-state index contributed by atoms with van der Waals surface area (Å²) in [5.74, 6) is 1.46. The van der Waals surface area contributed by atoms with Crippen LogP contribution >= 0.6 is 0 Å². The number of methoxy groups -OCH3 is 1. The van der Waals surface area contributed by atoms with Crippen molar-refractivity contribution >= 4 is 11.7 Å². The Kier molecular flexibility index (Phi) is 6.27. The van der Waals surface area contributed by atoms with E-state index in [9.17, 15) is 4.79 Å². The number of carbonyl (C=O) groups excluding carboxylic acids is 1. The Labute approximate surface area is 187 Å². The average Bonchev–Trinajstić information content (AvgIpc) is 3.53. The van der Waals surface area contributed by atoms with E-state index in [2.05, 4.69) is 20.9 Å². The molecule has 1 aromatic heterocycles. The summed E-state index contributed by atoms with van der Waals surface area (Å²) in [7, 11) is 1.61. The molecule has 2 aliphatic heterocycles. The molecule has 172 valence electrons. The molecule has 3 fully saturated rings. The van der Waals surface area contributed by atoms with Gasteiger partial charge in [0.2, 0.25) is 0 Å². The van der Waals surface area contributed by atoms with E-state index in [0.717, 1.165) is 23.8 Å². The number of aromatic nitrogens is 3. The van der Waals surface area contributed by atoms with Crippen molar-refractivity contribution < 1.29 is 19.0 Å². The summed E-state index contributed by atoms with van der Waals surface area (Å²) in [5, 5.41) is 14.6. The standard InChI is InChI=1S/C23H31N5O4/c1-30-18-9-7-16(8-10-18)24-23(29)25-19-13-31-22-20(14-32-21(19)22)28-12-17(26-27-28)11-15-5-3-2-4-6-15/h7-10,12,15,19-22H,2-6,11,13-14H2,1H3,(H2,24,25,29)/t19-,20+,21-,22+/m1/s1. The highest BCUT2D eigenvalue weighted by Crippen LogP contribution is 2.34. The van der Waals surface area contributed by atoms with Crippen molar-refractivity contribution in [2.24, 2.45) is 5.92 Å². The van der Waals surface area contributed by atoms with Gasteiger partial charge < -0.3 is 24.8 Å². The van der Waals surface area contributed by atoms with Crippen LogP contribution in [0.5, 0.6) is 5.75 Å². The lowest BCUT2D eigenvalue weighted by atomic mass is 9.86. The van der Waals surface area contributed by atoms with Crippen LogP contribution in [0.2, 0.25) is 0 Å². The van der Waals surface area contributed by atoms with Gasteiger partial charge in [0.15, 0.2) is 0 Å².